The highest BCUT2D eigenvalue weighted by Gasteiger charge is 2.16. The summed E-state index contributed by atoms with van der Waals surface area (Å²) >= 11 is 0. The second-order valence-electron chi connectivity index (χ2n) is 4.08. The van der Waals surface area contributed by atoms with E-state index in [4.69, 9.17) is 13.9 Å². The lowest BCUT2D eigenvalue weighted by Gasteiger charge is -2.09. The van der Waals surface area contributed by atoms with Gasteiger partial charge in [-0.25, -0.2) is 4.98 Å². The van der Waals surface area contributed by atoms with Gasteiger partial charge in [0.2, 0.25) is 5.89 Å². The molecule has 0 spiro atoms. The number of oxazole rings is 1. The Morgan fingerprint density at radius 1 is 1.28 bits per heavy atom. The zero-order valence-electron chi connectivity index (χ0n) is 11.1. The van der Waals surface area contributed by atoms with Crippen LogP contribution in [-0.4, -0.2) is 18.7 Å². The fraction of sp³-hybridized carbons (Fsp3) is 0.357. The molecule has 0 saturated carbocycles. The van der Waals surface area contributed by atoms with Gasteiger partial charge in [0.1, 0.15) is 11.9 Å². The summed E-state index contributed by atoms with van der Waals surface area (Å²) in [5.41, 5.74) is 3.08. The highest BCUT2D eigenvalue weighted by Crippen LogP contribution is 2.35. The van der Waals surface area contributed by atoms with Crippen LogP contribution < -0.4 is 9.47 Å². The second kappa shape index (κ2) is 5.12. The van der Waals surface area contributed by atoms with Crippen LogP contribution in [0, 0.1) is 13.8 Å². The summed E-state index contributed by atoms with van der Waals surface area (Å²) in [5.74, 6) is 1.71. The molecule has 1 aromatic heterocycles. The molecular formula is C14H17NO3. The first-order valence-electron chi connectivity index (χ1n) is 5.90. The van der Waals surface area contributed by atoms with Gasteiger partial charge in [-0.15, -0.1) is 0 Å². The third-order valence-electron chi connectivity index (χ3n) is 2.65. The number of methoxy groups -OCH3 is 1. The molecule has 0 saturated heterocycles. The molecule has 0 aliphatic heterocycles. The fourth-order valence-corrected chi connectivity index (χ4v) is 1.95. The average molecular weight is 247 g/mol. The predicted octanol–water partition coefficient (Wildman–Crippen LogP) is 3.37. The van der Waals surface area contributed by atoms with Crippen LogP contribution in [0.3, 0.4) is 0 Å². The maximum Gasteiger partial charge on any atom is 0.305 e. The minimum Gasteiger partial charge on any atom is -0.496 e. The molecule has 0 aliphatic rings. The largest absolute Gasteiger partial charge is 0.496 e. The van der Waals surface area contributed by atoms with Crippen molar-refractivity contribution in [1.82, 2.24) is 4.98 Å². The number of benzene rings is 1. The highest BCUT2D eigenvalue weighted by atomic mass is 16.6. The second-order valence-corrected chi connectivity index (χ2v) is 4.08. The summed E-state index contributed by atoms with van der Waals surface area (Å²) in [4.78, 5) is 4.23. The Morgan fingerprint density at radius 2 is 2.06 bits per heavy atom. The Hall–Kier alpha value is -1.97. The lowest BCUT2D eigenvalue weighted by Crippen LogP contribution is -1.92. The van der Waals surface area contributed by atoms with Gasteiger partial charge in [0.15, 0.2) is 0 Å². The molecule has 0 fully saturated rings. The molecule has 0 unspecified atom stereocenters. The number of aryl methyl sites for hydroxylation is 2. The number of rotatable bonds is 4. The molecule has 0 aliphatic carbocycles. The minimum atomic E-state index is 0.425. The van der Waals surface area contributed by atoms with Gasteiger partial charge < -0.3 is 13.9 Å². The molecule has 96 valence electrons. The van der Waals surface area contributed by atoms with E-state index in [1.54, 1.807) is 13.3 Å². The first-order chi connectivity index (χ1) is 8.65. The molecule has 0 N–H and O–H groups in total. The van der Waals surface area contributed by atoms with E-state index in [9.17, 15) is 0 Å². The van der Waals surface area contributed by atoms with Crippen LogP contribution >= 0.6 is 0 Å². The molecule has 4 heteroatoms. The zero-order valence-corrected chi connectivity index (χ0v) is 11.1. The van der Waals surface area contributed by atoms with Crippen molar-refractivity contribution in [1.29, 1.82) is 0 Å². The first kappa shape index (κ1) is 12.5. The van der Waals surface area contributed by atoms with Crippen LogP contribution in [0.4, 0.5) is 0 Å². The van der Waals surface area contributed by atoms with Gasteiger partial charge >= 0.3 is 5.95 Å². The van der Waals surface area contributed by atoms with Gasteiger partial charge in [-0.1, -0.05) is 6.07 Å². The highest BCUT2D eigenvalue weighted by molar-refractivity contribution is 5.68. The van der Waals surface area contributed by atoms with Gasteiger partial charge in [0.05, 0.1) is 19.3 Å². The van der Waals surface area contributed by atoms with Crippen molar-refractivity contribution in [3.05, 3.63) is 29.5 Å². The number of aromatic nitrogens is 1. The molecule has 1 aromatic carbocycles. The molecule has 0 amide bonds. The van der Waals surface area contributed by atoms with Crippen LogP contribution in [-0.2, 0) is 0 Å². The normalized spacial score (nSPS) is 10.4. The van der Waals surface area contributed by atoms with Crippen LogP contribution in [0.15, 0.2) is 22.7 Å². The summed E-state index contributed by atoms with van der Waals surface area (Å²) in [6.07, 6.45) is 1.58. The van der Waals surface area contributed by atoms with Crippen molar-refractivity contribution < 1.29 is 13.9 Å². The number of hydrogen-bond acceptors (Lipinski definition) is 4. The minimum absolute atomic E-state index is 0.425. The summed E-state index contributed by atoms with van der Waals surface area (Å²) < 4.78 is 16.2. The standard InChI is InChI=1S/C14H17NO3/c1-5-17-12-8-15-14(18-12)13-10(3)6-9(2)7-11(13)16-4/h6-8H,5H2,1-4H3. The van der Waals surface area contributed by atoms with Crippen molar-refractivity contribution in [3.8, 4) is 23.1 Å². The van der Waals surface area contributed by atoms with Gasteiger partial charge in [-0.3, -0.25) is 0 Å². The molecule has 2 rings (SSSR count). The maximum atomic E-state index is 5.56. The van der Waals surface area contributed by atoms with Gasteiger partial charge in [-0.05, 0) is 38.0 Å². The number of ether oxygens (including phenoxy) is 2. The Labute approximate surface area is 107 Å². The molecule has 2 aromatic rings. The van der Waals surface area contributed by atoms with Crippen molar-refractivity contribution in [2.45, 2.75) is 20.8 Å². The average Bonchev–Trinajstić information content (AvgIpc) is 2.76. The predicted molar refractivity (Wildman–Crippen MR) is 69.1 cm³/mol. The Kier molecular flexibility index (Phi) is 3.55. The van der Waals surface area contributed by atoms with Crippen molar-refractivity contribution in [3.63, 3.8) is 0 Å². The van der Waals surface area contributed by atoms with Crippen LogP contribution in [0.25, 0.3) is 11.5 Å². The molecular weight excluding hydrogens is 230 g/mol. The third kappa shape index (κ3) is 2.32. The summed E-state index contributed by atoms with van der Waals surface area (Å²) in [7, 11) is 1.64. The smallest absolute Gasteiger partial charge is 0.305 e. The van der Waals surface area contributed by atoms with E-state index in [0.717, 1.165) is 22.4 Å². The molecule has 0 atom stereocenters. The summed E-state index contributed by atoms with van der Waals surface area (Å²) in [6, 6.07) is 4.04. The number of nitrogens with zero attached hydrogens (tertiary/aromatic N) is 1. The van der Waals surface area contributed by atoms with Crippen molar-refractivity contribution >= 4 is 0 Å². The molecule has 0 bridgehead atoms. The SMILES string of the molecule is CCOc1cnc(-c2c(C)cc(C)cc2OC)o1. The molecule has 1 heterocycles. The molecule has 18 heavy (non-hydrogen) atoms. The Balaban J connectivity index is 2.48. The molecule has 4 nitrogen and oxygen atoms in total. The number of hydrogen-bond donors (Lipinski definition) is 0. The van der Waals surface area contributed by atoms with Gasteiger partial charge in [-0.2, -0.15) is 0 Å². The lowest BCUT2D eigenvalue weighted by atomic mass is 10.0. The van der Waals surface area contributed by atoms with Gasteiger partial charge in [0.25, 0.3) is 0 Å². The van der Waals surface area contributed by atoms with E-state index in [-0.39, 0.29) is 0 Å². The topological polar surface area (TPSA) is 44.5 Å². The van der Waals surface area contributed by atoms with E-state index in [2.05, 4.69) is 11.1 Å². The zero-order chi connectivity index (χ0) is 13.1. The molecule has 0 radical (unpaired) electrons. The fourth-order valence-electron chi connectivity index (χ4n) is 1.95. The third-order valence-corrected chi connectivity index (χ3v) is 2.65. The van der Waals surface area contributed by atoms with E-state index in [1.165, 1.54) is 0 Å². The van der Waals surface area contributed by atoms with Crippen LogP contribution in [0.5, 0.6) is 11.7 Å². The monoisotopic (exact) mass is 247 g/mol. The van der Waals surface area contributed by atoms with Crippen molar-refractivity contribution in [2.75, 3.05) is 13.7 Å². The van der Waals surface area contributed by atoms with E-state index in [0.29, 0.717) is 18.4 Å². The van der Waals surface area contributed by atoms with Crippen LogP contribution in [0.2, 0.25) is 0 Å². The van der Waals surface area contributed by atoms with E-state index in [1.807, 2.05) is 26.8 Å². The van der Waals surface area contributed by atoms with E-state index >= 15 is 0 Å². The van der Waals surface area contributed by atoms with Crippen molar-refractivity contribution in [2.24, 2.45) is 0 Å². The lowest BCUT2D eigenvalue weighted by molar-refractivity contribution is 0.260. The maximum absolute atomic E-state index is 5.56. The Bertz CT molecular complexity index is 546. The summed E-state index contributed by atoms with van der Waals surface area (Å²) in [6.45, 7) is 6.49. The van der Waals surface area contributed by atoms with Crippen LogP contribution in [0.1, 0.15) is 18.1 Å². The summed E-state index contributed by atoms with van der Waals surface area (Å²) in [5, 5.41) is 0. The van der Waals surface area contributed by atoms with E-state index < -0.39 is 0 Å². The van der Waals surface area contributed by atoms with Gasteiger partial charge in [0, 0.05) is 0 Å². The first-order valence-corrected chi connectivity index (χ1v) is 5.90. The Morgan fingerprint density at radius 3 is 2.72 bits per heavy atom. The quantitative estimate of drug-likeness (QED) is 0.831.